The van der Waals surface area contributed by atoms with Gasteiger partial charge in [0.05, 0.1) is 24.0 Å². The van der Waals surface area contributed by atoms with Crippen LogP contribution in [0.25, 0.3) is 11.1 Å². The summed E-state index contributed by atoms with van der Waals surface area (Å²) in [6.45, 7) is 2.61. The minimum absolute atomic E-state index is 0.0199. The van der Waals surface area contributed by atoms with Gasteiger partial charge in [-0.25, -0.2) is 14.4 Å². The fourth-order valence-corrected chi connectivity index (χ4v) is 4.16. The summed E-state index contributed by atoms with van der Waals surface area (Å²) in [5.41, 5.74) is 1.86. The number of anilines is 1. The molecule has 1 fully saturated rings. The fraction of sp³-hybridized carbons (Fsp3) is 0.417. The Hall–Kier alpha value is -3.04. The zero-order valence-corrected chi connectivity index (χ0v) is 20.2. The summed E-state index contributed by atoms with van der Waals surface area (Å²) in [5, 5.41) is 8.36. The number of halogens is 2. The van der Waals surface area contributed by atoms with Crippen molar-refractivity contribution in [3.05, 3.63) is 59.4 Å². The zero-order valence-electron chi connectivity index (χ0n) is 19.4. The van der Waals surface area contributed by atoms with E-state index in [-0.39, 0.29) is 17.8 Å². The number of amides is 1. The van der Waals surface area contributed by atoms with E-state index >= 15 is 0 Å². The lowest BCUT2D eigenvalue weighted by Gasteiger charge is -2.35. The number of hydrogen-bond donors (Lipinski definition) is 1. The minimum atomic E-state index is -0.316. The number of rotatable bonds is 8. The summed E-state index contributed by atoms with van der Waals surface area (Å²) in [6.07, 6.45) is 7.81. The fourth-order valence-electron chi connectivity index (χ4n) is 4.07. The number of likely N-dealkylation sites (tertiary alicyclic amines) is 1. The molecule has 1 amide bonds. The third-order valence-corrected chi connectivity index (χ3v) is 6.10. The molecule has 0 aliphatic carbocycles. The molecule has 2 aromatic heterocycles. The molecule has 1 saturated heterocycles. The van der Waals surface area contributed by atoms with Crippen molar-refractivity contribution < 1.29 is 9.18 Å². The normalized spacial score (nSPS) is 16.1. The smallest absolute Gasteiger partial charge is 0.275 e. The number of hydrogen-bond acceptors (Lipinski definition) is 6. The summed E-state index contributed by atoms with van der Waals surface area (Å²) < 4.78 is 15.3. The summed E-state index contributed by atoms with van der Waals surface area (Å²) in [6, 6.07) is 6.16. The molecule has 0 bridgehead atoms. The van der Waals surface area contributed by atoms with Gasteiger partial charge in [0.2, 0.25) is 5.95 Å². The number of piperidine rings is 1. The minimum Gasteiger partial charge on any atom is -0.352 e. The van der Waals surface area contributed by atoms with E-state index in [1.165, 1.54) is 24.5 Å². The molecule has 0 spiro atoms. The van der Waals surface area contributed by atoms with Crippen molar-refractivity contribution >= 4 is 23.5 Å². The number of nitrogens with one attached hydrogen (secondary N) is 1. The van der Waals surface area contributed by atoms with Gasteiger partial charge in [-0.15, -0.1) is 0 Å². The van der Waals surface area contributed by atoms with Crippen molar-refractivity contribution in [1.29, 1.82) is 0 Å². The van der Waals surface area contributed by atoms with Crippen LogP contribution < -0.4 is 5.32 Å². The molecule has 1 N–H and O–H groups in total. The van der Waals surface area contributed by atoms with E-state index in [9.17, 15) is 9.18 Å². The molecule has 1 aliphatic heterocycles. The van der Waals surface area contributed by atoms with E-state index in [4.69, 9.17) is 11.6 Å². The second-order valence-corrected chi connectivity index (χ2v) is 9.16. The van der Waals surface area contributed by atoms with Crippen LogP contribution in [-0.2, 0) is 6.54 Å². The lowest BCUT2D eigenvalue weighted by molar-refractivity contribution is 0.0622. The Morgan fingerprint density at radius 3 is 2.65 bits per heavy atom. The molecule has 1 atom stereocenters. The standard InChI is InChI=1S/C24H29ClFN7O/c1-31(2)11-12-32-16-21(17-6-8-19(26)9-7-17)22(30-32)23(34)33-10-4-3-5-20(33)15-29-24-27-13-18(25)14-28-24/h6-9,13-14,16,20H,3-5,10-12,15H2,1-2H3,(H,27,28,29)/t20-/m0/s1. The molecule has 1 aliphatic rings. The number of likely N-dealkylation sites (N-methyl/N-ethyl adjacent to an activating group) is 1. The molecule has 180 valence electrons. The van der Waals surface area contributed by atoms with Crippen LogP contribution in [0.5, 0.6) is 0 Å². The maximum atomic E-state index is 13.8. The Bertz CT molecular complexity index is 1100. The predicted octanol–water partition coefficient (Wildman–Crippen LogP) is 3.80. The molecule has 4 rings (SSSR count). The predicted molar refractivity (Wildman–Crippen MR) is 130 cm³/mol. The maximum absolute atomic E-state index is 13.8. The Balaban J connectivity index is 1.58. The molecule has 3 aromatic rings. The topological polar surface area (TPSA) is 79.2 Å². The van der Waals surface area contributed by atoms with Gasteiger partial charge < -0.3 is 15.1 Å². The molecule has 1 aromatic carbocycles. The van der Waals surface area contributed by atoms with E-state index < -0.39 is 0 Å². The quantitative estimate of drug-likeness (QED) is 0.523. The van der Waals surface area contributed by atoms with Gasteiger partial charge in [0.25, 0.3) is 5.91 Å². The molecular formula is C24H29ClFN7O. The highest BCUT2D eigenvalue weighted by Crippen LogP contribution is 2.27. The second-order valence-electron chi connectivity index (χ2n) is 8.72. The average molecular weight is 486 g/mol. The van der Waals surface area contributed by atoms with Gasteiger partial charge >= 0.3 is 0 Å². The number of carbonyl (C=O) groups is 1. The zero-order chi connectivity index (χ0) is 24.1. The summed E-state index contributed by atoms with van der Waals surface area (Å²) >= 11 is 5.87. The Morgan fingerprint density at radius 1 is 1.21 bits per heavy atom. The van der Waals surface area contributed by atoms with Crippen LogP contribution >= 0.6 is 11.6 Å². The van der Waals surface area contributed by atoms with Crippen molar-refractivity contribution in [3.8, 4) is 11.1 Å². The van der Waals surface area contributed by atoms with Crippen LogP contribution in [0.2, 0.25) is 5.02 Å². The van der Waals surface area contributed by atoms with E-state index in [0.717, 1.165) is 31.4 Å². The van der Waals surface area contributed by atoms with Crippen molar-refractivity contribution in [3.63, 3.8) is 0 Å². The maximum Gasteiger partial charge on any atom is 0.275 e. The van der Waals surface area contributed by atoms with Crippen molar-refractivity contribution in [1.82, 2.24) is 29.5 Å². The molecule has 0 unspecified atom stereocenters. The molecule has 34 heavy (non-hydrogen) atoms. The Labute approximate surface area is 203 Å². The SMILES string of the molecule is CN(C)CCn1cc(-c2ccc(F)cc2)c(C(=O)N2CCCC[C@H]2CNc2ncc(Cl)cn2)n1. The summed E-state index contributed by atoms with van der Waals surface area (Å²) in [5.74, 6) is 0.0389. The van der Waals surface area contributed by atoms with Crippen molar-refractivity contribution in [2.24, 2.45) is 0 Å². The van der Waals surface area contributed by atoms with Gasteiger partial charge in [0.15, 0.2) is 5.69 Å². The highest BCUT2D eigenvalue weighted by molar-refractivity contribution is 6.30. The van der Waals surface area contributed by atoms with E-state index in [1.54, 1.807) is 16.8 Å². The number of carbonyl (C=O) groups excluding carboxylic acids is 1. The van der Waals surface area contributed by atoms with E-state index in [1.807, 2.05) is 25.2 Å². The van der Waals surface area contributed by atoms with E-state index in [2.05, 4.69) is 25.3 Å². The van der Waals surface area contributed by atoms with Crippen LogP contribution in [-0.4, -0.2) is 75.2 Å². The first-order valence-electron chi connectivity index (χ1n) is 11.4. The number of aromatic nitrogens is 4. The number of nitrogens with zero attached hydrogens (tertiary/aromatic N) is 6. The third-order valence-electron chi connectivity index (χ3n) is 5.90. The van der Waals surface area contributed by atoms with E-state index in [0.29, 0.717) is 41.9 Å². The van der Waals surface area contributed by atoms with Crippen molar-refractivity contribution in [2.75, 3.05) is 39.0 Å². The first kappa shape index (κ1) is 24.1. The Kier molecular flexibility index (Phi) is 7.74. The lowest BCUT2D eigenvalue weighted by atomic mass is 10.00. The first-order valence-corrected chi connectivity index (χ1v) is 11.8. The molecular weight excluding hydrogens is 457 g/mol. The van der Waals surface area contributed by atoms with Crippen molar-refractivity contribution in [2.45, 2.75) is 31.8 Å². The van der Waals surface area contributed by atoms with Crippen LogP contribution in [0.15, 0.2) is 42.9 Å². The summed E-state index contributed by atoms with van der Waals surface area (Å²) in [7, 11) is 3.98. The van der Waals surface area contributed by atoms with Crippen LogP contribution in [0.4, 0.5) is 10.3 Å². The highest BCUT2D eigenvalue weighted by atomic mass is 35.5. The van der Waals surface area contributed by atoms with Gasteiger partial charge in [-0.05, 0) is 51.1 Å². The second kappa shape index (κ2) is 10.9. The van der Waals surface area contributed by atoms with Gasteiger partial charge in [-0.2, -0.15) is 5.10 Å². The van der Waals surface area contributed by atoms with Crippen LogP contribution in [0.1, 0.15) is 29.8 Å². The Morgan fingerprint density at radius 2 is 1.94 bits per heavy atom. The molecule has 3 heterocycles. The van der Waals surface area contributed by atoms with Gasteiger partial charge in [-0.1, -0.05) is 23.7 Å². The number of benzene rings is 1. The summed E-state index contributed by atoms with van der Waals surface area (Å²) in [4.78, 5) is 26.1. The molecule has 0 radical (unpaired) electrons. The van der Waals surface area contributed by atoms with Gasteiger partial charge in [-0.3, -0.25) is 9.48 Å². The first-order chi connectivity index (χ1) is 16.4. The molecule has 8 nitrogen and oxygen atoms in total. The van der Waals surface area contributed by atoms with Gasteiger partial charge in [0.1, 0.15) is 5.82 Å². The molecule has 10 heteroatoms. The lowest BCUT2D eigenvalue weighted by Crippen LogP contribution is -2.47. The van der Waals surface area contributed by atoms with Gasteiger partial charge in [0, 0.05) is 37.4 Å². The monoisotopic (exact) mass is 485 g/mol. The van der Waals surface area contributed by atoms with Crippen LogP contribution in [0, 0.1) is 5.82 Å². The largest absolute Gasteiger partial charge is 0.352 e. The van der Waals surface area contributed by atoms with Crippen LogP contribution in [0.3, 0.4) is 0 Å². The average Bonchev–Trinajstić information content (AvgIpc) is 3.27. The molecule has 0 saturated carbocycles. The highest BCUT2D eigenvalue weighted by Gasteiger charge is 2.31. The third kappa shape index (κ3) is 5.90.